The number of furan rings is 1. The molecule has 27 heavy (non-hydrogen) atoms. The number of nitrogens with zero attached hydrogens (tertiary/aromatic N) is 3. The first-order chi connectivity index (χ1) is 13.1. The van der Waals surface area contributed by atoms with Crippen molar-refractivity contribution in [2.45, 2.75) is 25.5 Å². The zero-order valence-corrected chi connectivity index (χ0v) is 14.8. The number of amidine groups is 1. The Kier molecular flexibility index (Phi) is 3.57. The van der Waals surface area contributed by atoms with Gasteiger partial charge in [0.1, 0.15) is 11.3 Å². The third-order valence-electron chi connectivity index (χ3n) is 5.66. The molecule has 1 fully saturated rings. The minimum Gasteiger partial charge on any atom is -0.507 e. The summed E-state index contributed by atoms with van der Waals surface area (Å²) in [7, 11) is 0. The van der Waals surface area contributed by atoms with Gasteiger partial charge in [0.05, 0.1) is 17.2 Å². The highest BCUT2D eigenvalue weighted by atomic mass is 16.5. The summed E-state index contributed by atoms with van der Waals surface area (Å²) in [5, 5.41) is 30.5. The second-order valence-electron chi connectivity index (χ2n) is 7.09. The number of aliphatic hydroxyl groups is 1. The van der Waals surface area contributed by atoms with E-state index in [0.29, 0.717) is 33.9 Å². The van der Waals surface area contributed by atoms with Crippen LogP contribution in [-0.2, 0) is 10.5 Å². The molecule has 138 valence electrons. The molecule has 0 amide bonds. The maximum absolute atomic E-state index is 11.5. The lowest BCUT2D eigenvalue weighted by Crippen LogP contribution is -2.31. The number of aromatic hydroxyl groups is 1. The van der Waals surface area contributed by atoms with Gasteiger partial charge in [0, 0.05) is 25.0 Å². The van der Waals surface area contributed by atoms with Crippen molar-refractivity contribution in [2.75, 3.05) is 13.2 Å². The Bertz CT molecular complexity index is 1060. The maximum Gasteiger partial charge on any atom is 0.229 e. The molecule has 1 aromatic heterocycles. The molecule has 0 saturated carbocycles. The number of azo groups is 1. The van der Waals surface area contributed by atoms with E-state index in [0.717, 1.165) is 37.2 Å². The summed E-state index contributed by atoms with van der Waals surface area (Å²) in [5.74, 6) is 0.953. The summed E-state index contributed by atoms with van der Waals surface area (Å²) in [6, 6.07) is 4.82. The molecule has 5 rings (SSSR count). The molecule has 2 aromatic rings. The van der Waals surface area contributed by atoms with Gasteiger partial charge >= 0.3 is 0 Å². The van der Waals surface area contributed by atoms with E-state index >= 15 is 0 Å². The van der Waals surface area contributed by atoms with Crippen LogP contribution in [0.4, 0.5) is 0 Å². The summed E-state index contributed by atoms with van der Waals surface area (Å²) in [6.07, 6.45) is 5.16. The molecule has 0 spiro atoms. The second kappa shape index (κ2) is 5.87. The van der Waals surface area contributed by atoms with Crippen molar-refractivity contribution in [3.63, 3.8) is 0 Å². The van der Waals surface area contributed by atoms with Crippen LogP contribution in [0, 0.1) is 5.92 Å². The summed E-state index contributed by atoms with van der Waals surface area (Å²) < 4.78 is 11.0. The Morgan fingerprint density at radius 2 is 2.00 bits per heavy atom. The first-order valence-corrected chi connectivity index (χ1v) is 9.02. The van der Waals surface area contributed by atoms with Crippen LogP contribution in [0.25, 0.3) is 11.0 Å². The number of fused-ring (bicyclic) bond motifs is 2. The Labute approximate surface area is 155 Å². The third-order valence-corrected chi connectivity index (χ3v) is 5.66. The monoisotopic (exact) mass is 365 g/mol. The summed E-state index contributed by atoms with van der Waals surface area (Å²) in [4.78, 5) is 4.41. The van der Waals surface area contributed by atoms with Gasteiger partial charge < -0.3 is 19.4 Å². The van der Waals surface area contributed by atoms with Crippen molar-refractivity contribution >= 4 is 16.8 Å². The minimum atomic E-state index is -1.67. The highest BCUT2D eigenvalue weighted by Crippen LogP contribution is 2.46. The van der Waals surface area contributed by atoms with Gasteiger partial charge in [0.2, 0.25) is 5.72 Å². The van der Waals surface area contributed by atoms with Crippen LogP contribution in [-0.4, -0.2) is 29.3 Å². The van der Waals surface area contributed by atoms with Crippen molar-refractivity contribution in [3.05, 3.63) is 52.9 Å². The first kappa shape index (κ1) is 16.4. The lowest BCUT2D eigenvalue weighted by atomic mass is 9.81. The first-order valence-electron chi connectivity index (χ1n) is 9.02. The Morgan fingerprint density at radius 3 is 2.81 bits per heavy atom. The van der Waals surface area contributed by atoms with Crippen molar-refractivity contribution in [3.8, 4) is 5.75 Å². The molecule has 1 atom stereocenters. The number of phenols is 1. The molecule has 3 aliphatic rings. The van der Waals surface area contributed by atoms with Crippen LogP contribution in [0.3, 0.4) is 0 Å². The number of aliphatic imine (C=N–C) groups is 1. The number of benzene rings is 1. The predicted octanol–water partition coefficient (Wildman–Crippen LogP) is 3.79. The molecular weight excluding hydrogens is 346 g/mol. The SMILES string of the molecule is CC1=C2C(C3CCOCC3)=CN=C2N=N[C@@]1(O)c1ccc(O)c2ccoc12. The van der Waals surface area contributed by atoms with E-state index in [2.05, 4.69) is 15.2 Å². The summed E-state index contributed by atoms with van der Waals surface area (Å²) >= 11 is 0. The number of phenolic OH excluding ortho intramolecular Hbond substituents is 1. The van der Waals surface area contributed by atoms with E-state index in [1.165, 1.54) is 12.3 Å². The number of rotatable bonds is 2. The van der Waals surface area contributed by atoms with Crippen LogP contribution in [0.5, 0.6) is 5.75 Å². The molecule has 1 saturated heterocycles. The van der Waals surface area contributed by atoms with Crippen LogP contribution < -0.4 is 0 Å². The van der Waals surface area contributed by atoms with E-state index in [9.17, 15) is 10.2 Å². The smallest absolute Gasteiger partial charge is 0.229 e. The van der Waals surface area contributed by atoms with E-state index in [-0.39, 0.29) is 5.75 Å². The van der Waals surface area contributed by atoms with Gasteiger partial charge in [-0.1, -0.05) is 0 Å². The van der Waals surface area contributed by atoms with E-state index < -0.39 is 5.72 Å². The molecule has 4 heterocycles. The zero-order valence-electron chi connectivity index (χ0n) is 14.8. The quantitative estimate of drug-likeness (QED) is 0.845. The van der Waals surface area contributed by atoms with E-state index in [4.69, 9.17) is 9.15 Å². The average molecular weight is 365 g/mol. The fourth-order valence-corrected chi connectivity index (χ4v) is 4.11. The van der Waals surface area contributed by atoms with Gasteiger partial charge in [0.15, 0.2) is 5.84 Å². The van der Waals surface area contributed by atoms with Crippen LogP contribution in [0.1, 0.15) is 25.3 Å². The molecule has 0 radical (unpaired) electrons. The van der Waals surface area contributed by atoms with Gasteiger partial charge in [0.25, 0.3) is 0 Å². The van der Waals surface area contributed by atoms with Crippen LogP contribution in [0.2, 0.25) is 0 Å². The number of hydrogen-bond donors (Lipinski definition) is 2. The molecule has 7 nitrogen and oxygen atoms in total. The van der Waals surface area contributed by atoms with Gasteiger partial charge in [-0.25, -0.2) is 4.99 Å². The highest BCUT2D eigenvalue weighted by Gasteiger charge is 2.43. The fraction of sp³-hybridized carbons (Fsp3) is 0.350. The predicted molar refractivity (Wildman–Crippen MR) is 98.4 cm³/mol. The topological polar surface area (TPSA) is 99.9 Å². The molecule has 0 aliphatic carbocycles. The standard InChI is InChI=1S/C20H19N3O4/c1-11-17-14(12-4-7-26-8-5-12)10-21-19(17)22-23-20(11,25)15-2-3-16(24)13-6-9-27-18(13)15/h2-3,6,9-10,12,24-25H,4-5,7-8H2,1H3/t20-/m0/s1. The van der Waals surface area contributed by atoms with Gasteiger partial charge in [-0.15, -0.1) is 10.2 Å². The average Bonchev–Trinajstić information content (AvgIpc) is 3.34. The van der Waals surface area contributed by atoms with Gasteiger partial charge in [-0.2, -0.15) is 0 Å². The maximum atomic E-state index is 11.5. The van der Waals surface area contributed by atoms with Crippen molar-refractivity contribution < 1.29 is 19.4 Å². The van der Waals surface area contributed by atoms with E-state index in [1.807, 2.05) is 13.1 Å². The molecule has 3 aliphatic heterocycles. The minimum absolute atomic E-state index is 0.0927. The lowest BCUT2D eigenvalue weighted by molar-refractivity contribution is 0.0731. The highest BCUT2D eigenvalue weighted by molar-refractivity contribution is 6.07. The van der Waals surface area contributed by atoms with Gasteiger partial charge in [-0.3, -0.25) is 0 Å². The Hall–Kier alpha value is -2.77. The molecule has 0 bridgehead atoms. The zero-order chi connectivity index (χ0) is 18.6. The van der Waals surface area contributed by atoms with Crippen molar-refractivity contribution in [2.24, 2.45) is 21.1 Å². The third kappa shape index (κ3) is 2.32. The fourth-order valence-electron chi connectivity index (χ4n) is 4.11. The normalized spacial score (nSPS) is 25.7. The van der Waals surface area contributed by atoms with Crippen molar-refractivity contribution in [1.82, 2.24) is 0 Å². The largest absolute Gasteiger partial charge is 0.507 e. The van der Waals surface area contributed by atoms with Crippen molar-refractivity contribution in [1.29, 1.82) is 0 Å². The lowest BCUT2D eigenvalue weighted by Gasteiger charge is -2.31. The Morgan fingerprint density at radius 1 is 1.19 bits per heavy atom. The molecular formula is C20H19N3O4. The molecule has 2 N–H and O–H groups in total. The van der Waals surface area contributed by atoms with Crippen LogP contribution >= 0.6 is 0 Å². The Balaban J connectivity index is 1.65. The number of ether oxygens (including phenoxy) is 1. The molecule has 7 heteroatoms. The van der Waals surface area contributed by atoms with E-state index in [1.54, 1.807) is 12.1 Å². The van der Waals surface area contributed by atoms with Gasteiger partial charge in [-0.05, 0) is 55.0 Å². The number of hydrogen-bond acceptors (Lipinski definition) is 7. The molecule has 1 aromatic carbocycles. The second-order valence-corrected chi connectivity index (χ2v) is 7.09. The summed E-state index contributed by atoms with van der Waals surface area (Å²) in [6.45, 7) is 3.30. The molecule has 0 unspecified atom stereocenters. The summed E-state index contributed by atoms with van der Waals surface area (Å²) in [5.41, 5.74) is 1.77. The van der Waals surface area contributed by atoms with Crippen LogP contribution in [0.15, 0.2) is 67.0 Å².